The highest BCUT2D eigenvalue weighted by atomic mass is 19.4. The average molecular weight is 229 g/mol. The first-order valence-corrected chi connectivity index (χ1v) is 5.35. The second-order valence-corrected chi connectivity index (χ2v) is 4.50. The lowest BCUT2D eigenvalue weighted by Crippen LogP contribution is -2.08. The van der Waals surface area contributed by atoms with Crippen molar-refractivity contribution in [3.05, 3.63) is 29.3 Å². The second-order valence-electron chi connectivity index (χ2n) is 4.50. The van der Waals surface area contributed by atoms with Crippen LogP contribution in [0, 0.1) is 5.92 Å². The summed E-state index contributed by atoms with van der Waals surface area (Å²) in [6.07, 6.45) is -4.27. The van der Waals surface area contributed by atoms with Crippen LogP contribution in [0.3, 0.4) is 0 Å². The zero-order chi connectivity index (χ0) is 11.9. The minimum atomic E-state index is -4.27. The first kappa shape index (κ1) is 11.3. The van der Waals surface area contributed by atoms with Crippen LogP contribution in [0.1, 0.15) is 30.9 Å². The van der Waals surface area contributed by atoms with Gasteiger partial charge >= 0.3 is 6.18 Å². The number of alkyl halides is 3. The first-order valence-electron chi connectivity index (χ1n) is 5.35. The summed E-state index contributed by atoms with van der Waals surface area (Å²) in [5, 5.41) is 2.89. The third-order valence-electron chi connectivity index (χ3n) is 3.11. The molecule has 0 saturated heterocycles. The molecule has 4 heteroatoms. The molecule has 1 N–H and O–H groups in total. The molecule has 0 aromatic heterocycles. The van der Waals surface area contributed by atoms with Gasteiger partial charge in [-0.3, -0.25) is 0 Å². The van der Waals surface area contributed by atoms with Crippen molar-refractivity contribution in [3.63, 3.8) is 0 Å². The fraction of sp³-hybridized carbons (Fsp3) is 0.500. The minimum Gasteiger partial charge on any atom is -0.384 e. The van der Waals surface area contributed by atoms with Gasteiger partial charge in [0.05, 0.1) is 5.56 Å². The van der Waals surface area contributed by atoms with Gasteiger partial charge in [-0.25, -0.2) is 0 Å². The van der Waals surface area contributed by atoms with Gasteiger partial charge in [0, 0.05) is 18.2 Å². The molecule has 2 rings (SSSR count). The van der Waals surface area contributed by atoms with Crippen LogP contribution in [0.15, 0.2) is 18.2 Å². The Labute approximate surface area is 92.7 Å². The van der Waals surface area contributed by atoms with E-state index < -0.39 is 11.7 Å². The molecule has 0 amide bonds. The van der Waals surface area contributed by atoms with Gasteiger partial charge in [-0.2, -0.15) is 13.2 Å². The molecule has 88 valence electrons. The number of rotatable bonds is 1. The van der Waals surface area contributed by atoms with E-state index in [0.717, 1.165) is 11.6 Å². The zero-order valence-corrected chi connectivity index (χ0v) is 9.23. The summed E-state index contributed by atoms with van der Waals surface area (Å²) in [4.78, 5) is 0. The maximum atomic E-state index is 12.7. The summed E-state index contributed by atoms with van der Waals surface area (Å²) < 4.78 is 38.2. The van der Waals surface area contributed by atoms with Gasteiger partial charge in [0.1, 0.15) is 0 Å². The predicted molar refractivity (Wildman–Crippen MR) is 57.5 cm³/mol. The maximum Gasteiger partial charge on any atom is 0.418 e. The van der Waals surface area contributed by atoms with Crippen LogP contribution in [0.5, 0.6) is 0 Å². The number of nitrogens with one attached hydrogen (secondary N) is 1. The molecule has 0 radical (unpaired) electrons. The molecule has 0 saturated carbocycles. The van der Waals surface area contributed by atoms with Gasteiger partial charge in [-0.1, -0.05) is 26.0 Å². The van der Waals surface area contributed by atoms with Crippen molar-refractivity contribution in [2.45, 2.75) is 25.9 Å². The van der Waals surface area contributed by atoms with E-state index >= 15 is 0 Å². The van der Waals surface area contributed by atoms with Gasteiger partial charge in [0.2, 0.25) is 0 Å². The molecule has 0 spiro atoms. The van der Waals surface area contributed by atoms with Gasteiger partial charge in [0.15, 0.2) is 0 Å². The Morgan fingerprint density at radius 2 is 2.00 bits per heavy atom. The Kier molecular flexibility index (Phi) is 2.60. The van der Waals surface area contributed by atoms with E-state index in [1.807, 2.05) is 13.8 Å². The average Bonchev–Trinajstić information content (AvgIpc) is 2.58. The molecule has 16 heavy (non-hydrogen) atoms. The number of hydrogen-bond donors (Lipinski definition) is 1. The number of fused-ring (bicyclic) bond motifs is 1. The lowest BCUT2D eigenvalue weighted by molar-refractivity contribution is -0.136. The van der Waals surface area contributed by atoms with E-state index in [1.165, 1.54) is 6.07 Å². The highest BCUT2D eigenvalue weighted by molar-refractivity contribution is 5.64. The molecule has 0 bridgehead atoms. The normalized spacial score (nSPS) is 19.8. The molecule has 1 nitrogen and oxygen atoms in total. The number of benzene rings is 1. The third-order valence-corrected chi connectivity index (χ3v) is 3.11. The summed E-state index contributed by atoms with van der Waals surface area (Å²) in [5.74, 6) is 0.523. The second kappa shape index (κ2) is 3.68. The molecule has 1 aliphatic heterocycles. The van der Waals surface area contributed by atoms with Gasteiger partial charge in [0.25, 0.3) is 0 Å². The molecule has 0 fully saturated rings. The van der Waals surface area contributed by atoms with E-state index in [0.29, 0.717) is 12.5 Å². The van der Waals surface area contributed by atoms with Crippen molar-refractivity contribution >= 4 is 5.69 Å². The lowest BCUT2D eigenvalue weighted by atomic mass is 9.89. The quantitative estimate of drug-likeness (QED) is 0.770. The Morgan fingerprint density at radius 3 is 2.56 bits per heavy atom. The van der Waals surface area contributed by atoms with Crippen molar-refractivity contribution in [2.24, 2.45) is 5.92 Å². The number of halogens is 3. The van der Waals surface area contributed by atoms with Crippen LogP contribution >= 0.6 is 0 Å². The summed E-state index contributed by atoms with van der Waals surface area (Å²) in [6, 6.07) is 4.41. The standard InChI is InChI=1S/C12H14F3N/c1-7(2)9-6-16-11-8(9)4-3-5-10(11)12(13,14)15/h3-5,7,9,16H,6H2,1-2H3. The van der Waals surface area contributed by atoms with Crippen molar-refractivity contribution in [2.75, 3.05) is 11.9 Å². The number of para-hydroxylation sites is 1. The predicted octanol–water partition coefficient (Wildman–Crippen LogP) is 3.87. The number of hydrogen-bond acceptors (Lipinski definition) is 1. The fourth-order valence-electron chi connectivity index (χ4n) is 2.23. The minimum absolute atomic E-state index is 0.178. The molecular weight excluding hydrogens is 215 g/mol. The van der Waals surface area contributed by atoms with Crippen molar-refractivity contribution < 1.29 is 13.2 Å². The molecule has 1 aromatic carbocycles. The van der Waals surface area contributed by atoms with Crippen LogP contribution in [0.2, 0.25) is 0 Å². The Bertz CT molecular complexity index is 396. The highest BCUT2D eigenvalue weighted by Gasteiger charge is 2.37. The van der Waals surface area contributed by atoms with Crippen molar-refractivity contribution in [1.82, 2.24) is 0 Å². The summed E-state index contributed by atoms with van der Waals surface area (Å²) in [5.41, 5.74) is 0.520. The van der Waals surface area contributed by atoms with E-state index in [-0.39, 0.29) is 11.6 Å². The zero-order valence-electron chi connectivity index (χ0n) is 9.23. The Hall–Kier alpha value is -1.19. The largest absolute Gasteiger partial charge is 0.418 e. The summed E-state index contributed by atoms with van der Waals surface area (Å²) in [7, 11) is 0. The first-order chi connectivity index (χ1) is 7.41. The van der Waals surface area contributed by atoms with Crippen LogP contribution in [-0.4, -0.2) is 6.54 Å². The van der Waals surface area contributed by atoms with Crippen molar-refractivity contribution in [3.8, 4) is 0 Å². The summed E-state index contributed by atoms with van der Waals surface area (Å²) in [6.45, 7) is 4.66. The van der Waals surface area contributed by atoms with E-state index in [1.54, 1.807) is 6.07 Å². The topological polar surface area (TPSA) is 12.0 Å². The molecule has 1 atom stereocenters. The van der Waals surface area contributed by atoms with Crippen LogP contribution in [0.25, 0.3) is 0 Å². The van der Waals surface area contributed by atoms with Gasteiger partial charge in [-0.15, -0.1) is 0 Å². The van der Waals surface area contributed by atoms with Gasteiger partial charge in [-0.05, 0) is 17.5 Å². The maximum absolute atomic E-state index is 12.7. The number of anilines is 1. The van der Waals surface area contributed by atoms with Crippen LogP contribution in [-0.2, 0) is 6.18 Å². The van der Waals surface area contributed by atoms with E-state index in [2.05, 4.69) is 5.32 Å². The smallest absolute Gasteiger partial charge is 0.384 e. The molecule has 0 aliphatic carbocycles. The third kappa shape index (κ3) is 1.77. The monoisotopic (exact) mass is 229 g/mol. The van der Waals surface area contributed by atoms with Crippen LogP contribution < -0.4 is 5.32 Å². The Morgan fingerprint density at radius 1 is 1.31 bits per heavy atom. The summed E-state index contributed by atoms with van der Waals surface area (Å²) >= 11 is 0. The molecule has 1 aliphatic rings. The van der Waals surface area contributed by atoms with E-state index in [4.69, 9.17) is 0 Å². The van der Waals surface area contributed by atoms with Crippen LogP contribution in [0.4, 0.5) is 18.9 Å². The SMILES string of the molecule is CC(C)C1CNc2c1cccc2C(F)(F)F. The van der Waals surface area contributed by atoms with Crippen molar-refractivity contribution in [1.29, 1.82) is 0 Å². The highest BCUT2D eigenvalue weighted by Crippen LogP contribution is 2.43. The van der Waals surface area contributed by atoms with Gasteiger partial charge < -0.3 is 5.32 Å². The molecular formula is C12H14F3N. The lowest BCUT2D eigenvalue weighted by Gasteiger charge is -2.15. The van der Waals surface area contributed by atoms with E-state index in [9.17, 15) is 13.2 Å². The molecule has 1 unspecified atom stereocenters. The molecule has 1 heterocycles. The molecule has 1 aromatic rings. The fourth-order valence-corrected chi connectivity index (χ4v) is 2.23. The Balaban J connectivity index is 2.48.